The Hall–Kier alpha value is -2.35. The van der Waals surface area contributed by atoms with Crippen molar-refractivity contribution in [1.82, 2.24) is 4.98 Å². The quantitative estimate of drug-likeness (QED) is 0.719. The Kier molecular flexibility index (Phi) is 3.15. The Bertz CT molecular complexity index is 690. The summed E-state index contributed by atoms with van der Waals surface area (Å²) < 4.78 is 0. The summed E-state index contributed by atoms with van der Waals surface area (Å²) in [7, 11) is 0. The van der Waals surface area contributed by atoms with Crippen molar-refractivity contribution in [3.8, 4) is 0 Å². The number of anilines is 1. The standard InChI is InChI=1S/C17H16N2/c18-17-14(10-11-15-6-3-4-12-19-15)9-8-13-5-1-2-7-16(13)17/h1-9,12H,10-11,18H2. The fraction of sp³-hybridized carbons (Fsp3) is 0.118. The van der Waals surface area contributed by atoms with Gasteiger partial charge in [0.25, 0.3) is 0 Å². The summed E-state index contributed by atoms with van der Waals surface area (Å²) >= 11 is 0. The maximum Gasteiger partial charge on any atom is 0.0426 e. The fourth-order valence-electron chi connectivity index (χ4n) is 2.37. The first-order chi connectivity index (χ1) is 9.34. The average molecular weight is 248 g/mol. The molecule has 19 heavy (non-hydrogen) atoms. The molecule has 0 aliphatic heterocycles. The molecule has 0 fully saturated rings. The Morgan fingerprint density at radius 3 is 2.53 bits per heavy atom. The van der Waals surface area contributed by atoms with E-state index in [1.54, 1.807) is 0 Å². The van der Waals surface area contributed by atoms with E-state index in [1.165, 1.54) is 10.9 Å². The highest BCUT2D eigenvalue weighted by Gasteiger charge is 2.04. The second-order valence-corrected chi connectivity index (χ2v) is 4.68. The minimum absolute atomic E-state index is 0.897. The zero-order valence-electron chi connectivity index (χ0n) is 10.7. The van der Waals surface area contributed by atoms with Gasteiger partial charge in [-0.15, -0.1) is 0 Å². The van der Waals surface area contributed by atoms with Crippen molar-refractivity contribution in [2.45, 2.75) is 12.8 Å². The molecule has 0 atom stereocenters. The Morgan fingerprint density at radius 1 is 0.842 bits per heavy atom. The molecule has 0 unspecified atom stereocenters. The Balaban J connectivity index is 1.87. The van der Waals surface area contributed by atoms with Crippen molar-refractivity contribution < 1.29 is 0 Å². The normalized spacial score (nSPS) is 10.7. The lowest BCUT2D eigenvalue weighted by Gasteiger charge is -2.09. The van der Waals surface area contributed by atoms with E-state index in [9.17, 15) is 0 Å². The van der Waals surface area contributed by atoms with Crippen LogP contribution >= 0.6 is 0 Å². The zero-order valence-corrected chi connectivity index (χ0v) is 10.7. The van der Waals surface area contributed by atoms with Gasteiger partial charge in [-0.25, -0.2) is 0 Å². The molecule has 1 aromatic heterocycles. The van der Waals surface area contributed by atoms with Gasteiger partial charge in [-0.1, -0.05) is 42.5 Å². The van der Waals surface area contributed by atoms with Crippen LogP contribution in [0.2, 0.25) is 0 Å². The first-order valence-electron chi connectivity index (χ1n) is 6.50. The minimum atomic E-state index is 0.897. The monoisotopic (exact) mass is 248 g/mol. The van der Waals surface area contributed by atoms with E-state index in [4.69, 9.17) is 5.73 Å². The molecule has 2 N–H and O–H groups in total. The van der Waals surface area contributed by atoms with E-state index in [-0.39, 0.29) is 0 Å². The molecule has 0 spiro atoms. The number of nitrogens with zero attached hydrogens (tertiary/aromatic N) is 1. The highest BCUT2D eigenvalue weighted by atomic mass is 14.7. The number of nitrogen functional groups attached to an aromatic ring is 1. The molecule has 0 amide bonds. The van der Waals surface area contributed by atoms with Crippen LogP contribution in [-0.2, 0) is 12.8 Å². The summed E-state index contributed by atoms with van der Waals surface area (Å²) in [6.45, 7) is 0. The van der Waals surface area contributed by atoms with Crippen LogP contribution in [0.1, 0.15) is 11.3 Å². The number of nitrogens with two attached hydrogens (primary N) is 1. The maximum atomic E-state index is 6.26. The number of aryl methyl sites for hydroxylation is 2. The van der Waals surface area contributed by atoms with E-state index in [2.05, 4.69) is 35.3 Å². The second-order valence-electron chi connectivity index (χ2n) is 4.68. The maximum absolute atomic E-state index is 6.26. The summed E-state index contributed by atoms with van der Waals surface area (Å²) in [5, 5.41) is 2.34. The van der Waals surface area contributed by atoms with Crippen molar-refractivity contribution in [2.75, 3.05) is 5.73 Å². The van der Waals surface area contributed by atoms with Gasteiger partial charge in [0.15, 0.2) is 0 Å². The molecule has 3 rings (SSSR count). The lowest BCUT2D eigenvalue weighted by Crippen LogP contribution is -1.99. The highest BCUT2D eigenvalue weighted by Crippen LogP contribution is 2.25. The minimum Gasteiger partial charge on any atom is -0.398 e. The van der Waals surface area contributed by atoms with Gasteiger partial charge < -0.3 is 5.73 Å². The number of hydrogen-bond donors (Lipinski definition) is 1. The molecule has 0 saturated carbocycles. The molecule has 0 aliphatic rings. The summed E-state index contributed by atoms with van der Waals surface area (Å²) in [5.41, 5.74) is 9.46. The molecular weight excluding hydrogens is 232 g/mol. The number of fused-ring (bicyclic) bond motifs is 1. The van der Waals surface area contributed by atoms with Gasteiger partial charge >= 0.3 is 0 Å². The van der Waals surface area contributed by atoms with Crippen LogP contribution in [0.3, 0.4) is 0 Å². The molecule has 3 aromatic rings. The number of aromatic nitrogens is 1. The van der Waals surface area contributed by atoms with Crippen LogP contribution in [0.5, 0.6) is 0 Å². The van der Waals surface area contributed by atoms with Gasteiger partial charge in [-0.2, -0.15) is 0 Å². The van der Waals surface area contributed by atoms with E-state index in [1.807, 2.05) is 30.5 Å². The van der Waals surface area contributed by atoms with E-state index >= 15 is 0 Å². The summed E-state index contributed by atoms with van der Waals surface area (Å²) in [5.74, 6) is 0. The number of pyridine rings is 1. The van der Waals surface area contributed by atoms with Crippen molar-refractivity contribution in [3.63, 3.8) is 0 Å². The average Bonchev–Trinajstić information content (AvgIpc) is 2.48. The zero-order chi connectivity index (χ0) is 13.1. The SMILES string of the molecule is Nc1c(CCc2ccccn2)ccc2ccccc12. The van der Waals surface area contributed by atoms with Crippen molar-refractivity contribution in [2.24, 2.45) is 0 Å². The third-order valence-corrected chi connectivity index (χ3v) is 3.44. The van der Waals surface area contributed by atoms with Gasteiger partial charge in [0.05, 0.1) is 0 Å². The highest BCUT2D eigenvalue weighted by molar-refractivity contribution is 5.94. The third-order valence-electron chi connectivity index (χ3n) is 3.44. The van der Waals surface area contributed by atoms with Gasteiger partial charge in [-0.3, -0.25) is 4.98 Å². The molecule has 2 heteroatoms. The Labute approximate surface area is 112 Å². The summed E-state index contributed by atoms with van der Waals surface area (Å²) in [6, 6.07) is 18.5. The molecule has 2 nitrogen and oxygen atoms in total. The number of benzene rings is 2. The topological polar surface area (TPSA) is 38.9 Å². The molecule has 1 heterocycles. The second kappa shape index (κ2) is 5.11. The molecule has 0 saturated heterocycles. The van der Waals surface area contributed by atoms with Crippen molar-refractivity contribution in [1.29, 1.82) is 0 Å². The predicted octanol–water partition coefficient (Wildman–Crippen LogP) is 3.60. The smallest absolute Gasteiger partial charge is 0.0426 e. The molecule has 0 aliphatic carbocycles. The summed E-state index contributed by atoms with van der Waals surface area (Å²) in [6.07, 6.45) is 3.68. The van der Waals surface area contributed by atoms with Gasteiger partial charge in [0.2, 0.25) is 0 Å². The van der Waals surface area contributed by atoms with Crippen LogP contribution in [0.4, 0.5) is 5.69 Å². The number of rotatable bonds is 3. The van der Waals surface area contributed by atoms with Gasteiger partial charge in [-0.05, 0) is 35.9 Å². The van der Waals surface area contributed by atoms with Crippen LogP contribution in [0.15, 0.2) is 60.8 Å². The van der Waals surface area contributed by atoms with E-state index in [0.29, 0.717) is 0 Å². The van der Waals surface area contributed by atoms with E-state index < -0.39 is 0 Å². The van der Waals surface area contributed by atoms with Crippen molar-refractivity contribution >= 4 is 16.5 Å². The van der Waals surface area contributed by atoms with E-state index in [0.717, 1.165) is 29.6 Å². The predicted molar refractivity (Wildman–Crippen MR) is 80.0 cm³/mol. The molecule has 94 valence electrons. The van der Waals surface area contributed by atoms with Gasteiger partial charge in [0, 0.05) is 23.0 Å². The molecular formula is C17H16N2. The lowest BCUT2D eigenvalue weighted by atomic mass is 10.0. The Morgan fingerprint density at radius 2 is 1.68 bits per heavy atom. The van der Waals surface area contributed by atoms with Crippen LogP contribution < -0.4 is 5.73 Å². The van der Waals surface area contributed by atoms with Crippen LogP contribution in [-0.4, -0.2) is 4.98 Å². The molecule has 0 bridgehead atoms. The first-order valence-corrected chi connectivity index (χ1v) is 6.50. The fourth-order valence-corrected chi connectivity index (χ4v) is 2.37. The lowest BCUT2D eigenvalue weighted by molar-refractivity contribution is 0.917. The summed E-state index contributed by atoms with van der Waals surface area (Å²) in [4.78, 5) is 4.34. The van der Waals surface area contributed by atoms with Crippen LogP contribution in [0, 0.1) is 0 Å². The molecule has 0 radical (unpaired) electrons. The van der Waals surface area contributed by atoms with Crippen molar-refractivity contribution in [3.05, 3.63) is 72.1 Å². The molecule has 2 aromatic carbocycles. The van der Waals surface area contributed by atoms with Gasteiger partial charge in [0.1, 0.15) is 0 Å². The number of hydrogen-bond acceptors (Lipinski definition) is 2. The largest absolute Gasteiger partial charge is 0.398 e. The first kappa shape index (κ1) is 11.7. The van der Waals surface area contributed by atoms with Crippen LogP contribution in [0.25, 0.3) is 10.8 Å². The third kappa shape index (κ3) is 2.43.